The van der Waals surface area contributed by atoms with Gasteiger partial charge in [0.15, 0.2) is 5.69 Å². The zero-order valence-electron chi connectivity index (χ0n) is 13.9. The second kappa shape index (κ2) is 6.39. The van der Waals surface area contributed by atoms with E-state index in [4.69, 9.17) is 9.47 Å². The lowest BCUT2D eigenvalue weighted by atomic mass is 9.94. The van der Waals surface area contributed by atoms with E-state index >= 15 is 0 Å². The first-order valence-corrected chi connectivity index (χ1v) is 7.81. The van der Waals surface area contributed by atoms with Crippen LogP contribution in [0.1, 0.15) is 33.5 Å². The monoisotopic (exact) mass is 327 g/mol. The van der Waals surface area contributed by atoms with Gasteiger partial charge in [0.1, 0.15) is 12.1 Å². The van der Waals surface area contributed by atoms with Gasteiger partial charge in [0.2, 0.25) is 13.3 Å². The number of esters is 1. The number of nitrogens with zero attached hydrogens (tertiary/aromatic N) is 3. The Bertz CT molecular complexity index is 803. The summed E-state index contributed by atoms with van der Waals surface area (Å²) in [6, 6.07) is 5.28. The van der Waals surface area contributed by atoms with Gasteiger partial charge in [-0.25, -0.2) is 9.78 Å². The van der Waals surface area contributed by atoms with Crippen molar-refractivity contribution in [2.24, 2.45) is 0 Å². The SMILES string of the molecule is CBN1Cc2c(C(=O)OCC)ncn2-c2ccc(OC)cc2C1=O. The lowest BCUT2D eigenvalue weighted by Gasteiger charge is -2.18. The molecule has 24 heavy (non-hydrogen) atoms. The third-order valence-electron chi connectivity index (χ3n) is 4.04. The van der Waals surface area contributed by atoms with Crippen molar-refractivity contribution in [1.82, 2.24) is 14.4 Å². The molecule has 1 aromatic heterocycles. The van der Waals surface area contributed by atoms with E-state index in [1.807, 2.05) is 6.82 Å². The maximum atomic E-state index is 12.8. The Morgan fingerprint density at radius 2 is 2.21 bits per heavy atom. The van der Waals surface area contributed by atoms with Crippen molar-refractivity contribution >= 4 is 19.3 Å². The van der Waals surface area contributed by atoms with E-state index in [9.17, 15) is 9.59 Å². The predicted molar refractivity (Wildman–Crippen MR) is 89.0 cm³/mol. The molecule has 3 rings (SSSR count). The van der Waals surface area contributed by atoms with E-state index in [1.165, 1.54) is 0 Å². The van der Waals surface area contributed by atoms with Gasteiger partial charge >= 0.3 is 5.97 Å². The molecular formula is C16H18BN3O4. The van der Waals surface area contributed by atoms with Crippen LogP contribution in [0.2, 0.25) is 6.82 Å². The van der Waals surface area contributed by atoms with Gasteiger partial charge in [-0.3, -0.25) is 9.36 Å². The highest BCUT2D eigenvalue weighted by Gasteiger charge is 2.30. The molecule has 1 amide bonds. The fourth-order valence-corrected chi connectivity index (χ4v) is 2.80. The summed E-state index contributed by atoms with van der Waals surface area (Å²) < 4.78 is 12.1. The quantitative estimate of drug-likeness (QED) is 0.627. The molecule has 7 nitrogen and oxygen atoms in total. The summed E-state index contributed by atoms with van der Waals surface area (Å²) in [6.07, 6.45) is 1.55. The van der Waals surface area contributed by atoms with Gasteiger partial charge in [0.25, 0.3) is 0 Å². The van der Waals surface area contributed by atoms with E-state index in [0.29, 0.717) is 36.7 Å². The van der Waals surface area contributed by atoms with Crippen LogP contribution in [-0.2, 0) is 11.3 Å². The molecule has 1 aromatic carbocycles. The number of hydrogen-bond donors (Lipinski definition) is 0. The van der Waals surface area contributed by atoms with E-state index in [2.05, 4.69) is 4.98 Å². The molecular weight excluding hydrogens is 309 g/mol. The number of amides is 1. The van der Waals surface area contributed by atoms with Crippen molar-refractivity contribution < 1.29 is 19.1 Å². The minimum absolute atomic E-state index is 0.107. The summed E-state index contributed by atoms with van der Waals surface area (Å²) in [7, 11) is 2.07. The molecule has 1 aliphatic rings. The van der Waals surface area contributed by atoms with Crippen molar-refractivity contribution in [1.29, 1.82) is 0 Å². The minimum Gasteiger partial charge on any atom is -0.497 e. The zero-order chi connectivity index (χ0) is 17.3. The van der Waals surface area contributed by atoms with Gasteiger partial charge in [0, 0.05) is 0 Å². The van der Waals surface area contributed by atoms with E-state index < -0.39 is 5.97 Å². The largest absolute Gasteiger partial charge is 0.497 e. The molecule has 0 unspecified atom stereocenters. The molecule has 0 saturated carbocycles. The summed E-state index contributed by atoms with van der Waals surface area (Å²) in [6.45, 7) is 4.21. The number of ether oxygens (including phenoxy) is 2. The Morgan fingerprint density at radius 1 is 1.42 bits per heavy atom. The molecule has 0 radical (unpaired) electrons. The van der Waals surface area contributed by atoms with Crippen LogP contribution >= 0.6 is 0 Å². The van der Waals surface area contributed by atoms with Crippen LogP contribution in [-0.4, -0.2) is 47.4 Å². The van der Waals surface area contributed by atoms with Crippen molar-refractivity contribution in [3.63, 3.8) is 0 Å². The van der Waals surface area contributed by atoms with Crippen molar-refractivity contribution in [3.8, 4) is 11.4 Å². The van der Waals surface area contributed by atoms with Gasteiger partial charge in [-0.2, -0.15) is 0 Å². The number of aromatic nitrogens is 2. The van der Waals surface area contributed by atoms with Crippen molar-refractivity contribution in [2.45, 2.75) is 20.3 Å². The topological polar surface area (TPSA) is 73.7 Å². The summed E-state index contributed by atoms with van der Waals surface area (Å²) in [5.41, 5.74) is 2.08. The highest BCUT2D eigenvalue weighted by molar-refractivity contribution is 6.36. The minimum atomic E-state index is -0.480. The first-order valence-electron chi connectivity index (χ1n) is 7.81. The van der Waals surface area contributed by atoms with E-state index in [1.54, 1.807) is 47.9 Å². The Kier molecular flexibility index (Phi) is 4.29. The number of imidazole rings is 1. The number of hydrogen-bond acceptors (Lipinski definition) is 5. The van der Waals surface area contributed by atoms with E-state index in [0.717, 1.165) is 0 Å². The Labute approximate surface area is 140 Å². The number of carbonyl (C=O) groups is 2. The smallest absolute Gasteiger partial charge is 0.358 e. The number of carbonyl (C=O) groups excluding carboxylic acids is 2. The average Bonchev–Trinajstić information content (AvgIpc) is 2.97. The molecule has 2 heterocycles. The normalized spacial score (nSPS) is 13.0. The van der Waals surface area contributed by atoms with Crippen LogP contribution in [0.3, 0.4) is 0 Å². The van der Waals surface area contributed by atoms with Gasteiger partial charge in [-0.1, -0.05) is 6.82 Å². The van der Waals surface area contributed by atoms with Crippen LogP contribution < -0.4 is 4.74 Å². The highest BCUT2D eigenvalue weighted by Crippen LogP contribution is 2.29. The first-order chi connectivity index (χ1) is 11.6. The summed E-state index contributed by atoms with van der Waals surface area (Å²) in [5.74, 6) is 0.0176. The summed E-state index contributed by atoms with van der Waals surface area (Å²) in [5, 5.41) is 0. The summed E-state index contributed by atoms with van der Waals surface area (Å²) >= 11 is 0. The fourth-order valence-electron chi connectivity index (χ4n) is 2.80. The van der Waals surface area contributed by atoms with Crippen molar-refractivity contribution in [3.05, 3.63) is 41.5 Å². The zero-order valence-corrected chi connectivity index (χ0v) is 13.9. The number of methoxy groups -OCH3 is 1. The third kappa shape index (κ3) is 2.53. The third-order valence-corrected chi connectivity index (χ3v) is 4.04. The molecule has 0 fully saturated rings. The molecule has 0 aliphatic carbocycles. The number of rotatable bonds is 4. The molecule has 0 atom stereocenters. The van der Waals surface area contributed by atoms with Gasteiger partial charge < -0.3 is 14.3 Å². The van der Waals surface area contributed by atoms with Gasteiger partial charge in [-0.05, 0) is 25.1 Å². The summed E-state index contributed by atoms with van der Waals surface area (Å²) in [4.78, 5) is 30.9. The molecule has 0 saturated heterocycles. The lowest BCUT2D eigenvalue weighted by molar-refractivity contribution is 0.0517. The second-order valence-electron chi connectivity index (χ2n) is 5.33. The van der Waals surface area contributed by atoms with Crippen LogP contribution in [0.5, 0.6) is 5.75 Å². The Morgan fingerprint density at radius 3 is 2.88 bits per heavy atom. The predicted octanol–water partition coefficient (Wildman–Crippen LogP) is 1.41. The maximum absolute atomic E-state index is 12.8. The molecule has 0 N–H and O–H groups in total. The van der Waals surface area contributed by atoms with Gasteiger partial charge in [-0.15, -0.1) is 0 Å². The fraction of sp³-hybridized carbons (Fsp3) is 0.312. The molecule has 124 valence electrons. The van der Waals surface area contributed by atoms with Gasteiger partial charge in [0.05, 0.1) is 37.2 Å². The maximum Gasteiger partial charge on any atom is 0.358 e. The van der Waals surface area contributed by atoms with Crippen LogP contribution in [0, 0.1) is 0 Å². The second-order valence-corrected chi connectivity index (χ2v) is 5.33. The molecule has 2 aromatic rings. The van der Waals surface area contributed by atoms with Crippen LogP contribution in [0.4, 0.5) is 0 Å². The molecule has 1 aliphatic heterocycles. The molecule has 8 heteroatoms. The molecule has 0 spiro atoms. The number of benzene rings is 1. The Hall–Kier alpha value is -2.77. The van der Waals surface area contributed by atoms with Crippen molar-refractivity contribution in [2.75, 3.05) is 13.7 Å². The standard InChI is InChI=1S/C16H18BN3O4/c1-4-24-16(22)14-13-8-20(17-2)15(21)11-7-10(23-3)5-6-12(11)19(13)9-18-14/h5-7,9,17H,4,8H2,1-3H3. The highest BCUT2D eigenvalue weighted by atomic mass is 16.5. The van der Waals surface area contributed by atoms with Crippen LogP contribution in [0.15, 0.2) is 24.5 Å². The lowest BCUT2D eigenvalue weighted by Crippen LogP contribution is -2.32. The molecule has 0 bridgehead atoms. The average molecular weight is 327 g/mol. The Balaban J connectivity index is 2.19. The van der Waals surface area contributed by atoms with E-state index in [-0.39, 0.29) is 18.2 Å². The first kappa shape index (κ1) is 16.1. The number of fused-ring (bicyclic) bond motifs is 3. The van der Waals surface area contributed by atoms with Crippen LogP contribution in [0.25, 0.3) is 5.69 Å².